The zero-order valence-electron chi connectivity index (χ0n) is 25.6. The van der Waals surface area contributed by atoms with Crippen LogP contribution < -0.4 is 0 Å². The fourth-order valence-corrected chi connectivity index (χ4v) is 10.8. The lowest BCUT2D eigenvalue weighted by atomic mass is 9.46. The molecule has 8 fully saturated rings. The average molecular weight is 591 g/mol. The minimum Gasteiger partial charge on any atom is -0.465 e. The highest BCUT2D eigenvalue weighted by molar-refractivity contribution is 5.79. The summed E-state index contributed by atoms with van der Waals surface area (Å²) >= 11 is 0. The number of esters is 3. The number of carbonyl (C=O) groups excluding carboxylic acids is 3. The number of aliphatic hydroxyl groups is 3. The van der Waals surface area contributed by atoms with Crippen molar-refractivity contribution in [2.24, 2.45) is 29.1 Å². The molecule has 0 aromatic carbocycles. The predicted octanol–water partition coefficient (Wildman–Crippen LogP) is 4.12. The van der Waals surface area contributed by atoms with E-state index < -0.39 is 45.3 Å². The zero-order chi connectivity index (χ0) is 30.2. The smallest absolute Gasteiger partial charge is 0.312 e. The van der Waals surface area contributed by atoms with E-state index in [1.165, 1.54) is 0 Å². The fourth-order valence-electron chi connectivity index (χ4n) is 10.8. The summed E-state index contributed by atoms with van der Waals surface area (Å²) in [6, 6.07) is 0. The highest BCUT2D eigenvalue weighted by Gasteiger charge is 2.68. The second-order valence-electron chi connectivity index (χ2n) is 16.0. The van der Waals surface area contributed by atoms with Crippen LogP contribution in [0, 0.1) is 29.1 Å². The largest absolute Gasteiger partial charge is 0.465 e. The van der Waals surface area contributed by atoms with Gasteiger partial charge in [0.25, 0.3) is 0 Å². The molecular weight excluding hydrogens is 540 g/mol. The van der Waals surface area contributed by atoms with Crippen molar-refractivity contribution in [3.63, 3.8) is 0 Å². The quantitative estimate of drug-likeness (QED) is 0.184. The lowest BCUT2D eigenvalue weighted by molar-refractivity contribution is -0.262. The molecule has 8 aliphatic carbocycles. The van der Waals surface area contributed by atoms with Crippen LogP contribution in [0.3, 0.4) is 0 Å². The van der Waals surface area contributed by atoms with Gasteiger partial charge in [0, 0.05) is 32.1 Å². The Morgan fingerprint density at radius 2 is 1.17 bits per heavy atom. The van der Waals surface area contributed by atoms with Gasteiger partial charge in [0.1, 0.15) is 11.2 Å². The van der Waals surface area contributed by atoms with Gasteiger partial charge in [0.15, 0.2) is 0 Å². The van der Waals surface area contributed by atoms with Crippen molar-refractivity contribution in [2.45, 2.75) is 152 Å². The third-order valence-corrected chi connectivity index (χ3v) is 11.6. The molecule has 9 heteroatoms. The molecule has 236 valence electrons. The molecule has 9 nitrogen and oxygen atoms in total. The second kappa shape index (κ2) is 10.2. The van der Waals surface area contributed by atoms with Gasteiger partial charge in [0.05, 0.1) is 40.7 Å². The van der Waals surface area contributed by atoms with Crippen LogP contribution in [0.15, 0.2) is 0 Å². The van der Waals surface area contributed by atoms with E-state index in [1.807, 2.05) is 6.92 Å². The standard InChI is InChI=1S/C33H50O9/c1-4-5-8-40-27(36)28-9-23-10-29(37,15-28)18-32(13-23,16-28)41-25(34)21(2)6-7-22(3)26(35)42-33-14-24-11-30(38,19-33)17-31(39,12-24)20-33/h21-24,37-39H,4-20H2,1-3H3. The molecule has 8 bridgehead atoms. The van der Waals surface area contributed by atoms with Crippen LogP contribution in [0.25, 0.3) is 0 Å². The summed E-state index contributed by atoms with van der Waals surface area (Å²) in [5.74, 6) is -1.61. The Balaban J connectivity index is 1.04. The Morgan fingerprint density at radius 3 is 1.64 bits per heavy atom. The lowest BCUT2D eigenvalue weighted by Gasteiger charge is -2.62. The Morgan fingerprint density at radius 1 is 0.690 bits per heavy atom. The second-order valence-corrected chi connectivity index (χ2v) is 16.0. The molecule has 0 aromatic rings. The molecule has 0 heterocycles. The maximum atomic E-state index is 13.4. The first-order valence-electron chi connectivity index (χ1n) is 16.4. The number of unbranched alkanes of at least 4 members (excludes halogenated alkanes) is 1. The van der Waals surface area contributed by atoms with E-state index >= 15 is 0 Å². The van der Waals surface area contributed by atoms with Gasteiger partial charge < -0.3 is 29.5 Å². The van der Waals surface area contributed by atoms with Gasteiger partial charge in [0.2, 0.25) is 0 Å². The van der Waals surface area contributed by atoms with Crippen LogP contribution in [-0.4, -0.2) is 67.8 Å². The molecule has 3 N–H and O–H groups in total. The topological polar surface area (TPSA) is 140 Å². The van der Waals surface area contributed by atoms with Crippen LogP contribution in [-0.2, 0) is 28.6 Å². The average Bonchev–Trinajstić information content (AvgIpc) is 2.82. The highest BCUT2D eigenvalue weighted by atomic mass is 16.6. The normalized spacial score (nSPS) is 45.9. The summed E-state index contributed by atoms with van der Waals surface area (Å²) in [4.78, 5) is 39.8. The minimum absolute atomic E-state index is 0.114. The molecule has 8 saturated carbocycles. The molecular formula is C33H50O9. The van der Waals surface area contributed by atoms with Crippen molar-refractivity contribution in [3.8, 4) is 0 Å². The van der Waals surface area contributed by atoms with Crippen molar-refractivity contribution in [3.05, 3.63) is 0 Å². The Hall–Kier alpha value is -1.71. The van der Waals surface area contributed by atoms with E-state index in [4.69, 9.17) is 14.2 Å². The first kappa shape index (κ1) is 30.3. The molecule has 0 saturated heterocycles. The summed E-state index contributed by atoms with van der Waals surface area (Å²) in [5, 5.41) is 33.4. The maximum absolute atomic E-state index is 13.4. The predicted molar refractivity (Wildman–Crippen MR) is 151 cm³/mol. The van der Waals surface area contributed by atoms with Crippen molar-refractivity contribution in [1.29, 1.82) is 0 Å². The van der Waals surface area contributed by atoms with Crippen LogP contribution >= 0.6 is 0 Å². The van der Waals surface area contributed by atoms with E-state index in [0.29, 0.717) is 96.5 Å². The van der Waals surface area contributed by atoms with E-state index in [0.717, 1.165) is 12.8 Å². The third-order valence-electron chi connectivity index (χ3n) is 11.6. The maximum Gasteiger partial charge on any atom is 0.312 e. The van der Waals surface area contributed by atoms with Crippen LogP contribution in [0.2, 0.25) is 0 Å². The van der Waals surface area contributed by atoms with Gasteiger partial charge in [-0.2, -0.15) is 0 Å². The molecule has 0 amide bonds. The van der Waals surface area contributed by atoms with E-state index in [-0.39, 0.29) is 29.7 Å². The molecule has 8 aliphatic rings. The number of rotatable bonds is 11. The molecule has 42 heavy (non-hydrogen) atoms. The van der Waals surface area contributed by atoms with Crippen molar-refractivity contribution >= 4 is 17.9 Å². The number of carbonyl (C=O) groups is 3. The minimum atomic E-state index is -1.03. The van der Waals surface area contributed by atoms with Gasteiger partial charge in [-0.25, -0.2) is 0 Å². The Kier molecular flexibility index (Phi) is 7.34. The molecule has 0 aliphatic heterocycles. The third kappa shape index (κ3) is 5.51. The molecule has 0 spiro atoms. The molecule has 0 radical (unpaired) electrons. The summed E-state index contributed by atoms with van der Waals surface area (Å²) in [6.07, 6.45) is 8.78. The van der Waals surface area contributed by atoms with Gasteiger partial charge in [-0.1, -0.05) is 27.2 Å². The molecule has 8 atom stereocenters. The summed E-state index contributed by atoms with van der Waals surface area (Å²) < 4.78 is 17.9. The summed E-state index contributed by atoms with van der Waals surface area (Å²) in [5.41, 5.74) is -5.45. The van der Waals surface area contributed by atoms with Crippen molar-refractivity contribution in [1.82, 2.24) is 0 Å². The zero-order valence-corrected chi connectivity index (χ0v) is 25.6. The first-order valence-corrected chi connectivity index (χ1v) is 16.4. The van der Waals surface area contributed by atoms with Crippen LogP contribution in [0.5, 0.6) is 0 Å². The fraction of sp³-hybridized carbons (Fsp3) is 0.909. The number of hydrogen-bond donors (Lipinski definition) is 3. The van der Waals surface area contributed by atoms with Crippen LogP contribution in [0.4, 0.5) is 0 Å². The molecule has 8 rings (SSSR count). The molecule has 0 aromatic heterocycles. The van der Waals surface area contributed by atoms with E-state index in [1.54, 1.807) is 13.8 Å². The first-order chi connectivity index (χ1) is 19.6. The van der Waals surface area contributed by atoms with Gasteiger partial charge in [-0.3, -0.25) is 14.4 Å². The Labute approximate surface area is 249 Å². The van der Waals surface area contributed by atoms with Crippen molar-refractivity contribution in [2.75, 3.05) is 6.61 Å². The van der Waals surface area contributed by atoms with Gasteiger partial charge in [-0.15, -0.1) is 0 Å². The number of ether oxygens (including phenoxy) is 3. The van der Waals surface area contributed by atoms with E-state index in [2.05, 4.69) is 0 Å². The molecule has 8 unspecified atom stereocenters. The highest BCUT2D eigenvalue weighted by Crippen LogP contribution is 2.65. The van der Waals surface area contributed by atoms with Gasteiger partial charge >= 0.3 is 17.9 Å². The monoisotopic (exact) mass is 590 g/mol. The summed E-state index contributed by atoms with van der Waals surface area (Å²) in [7, 11) is 0. The van der Waals surface area contributed by atoms with E-state index in [9.17, 15) is 29.7 Å². The summed E-state index contributed by atoms with van der Waals surface area (Å²) in [6.45, 7) is 6.01. The number of hydrogen-bond acceptors (Lipinski definition) is 9. The van der Waals surface area contributed by atoms with Gasteiger partial charge in [-0.05, 0) is 76.0 Å². The SMILES string of the molecule is CCCCOC(=O)C12CC3CC(O)(CC(OC(=O)C(C)CCC(C)C(=O)OC45CC6CC(O)(CC(O)(C6)C4)C5)(C3)C1)C2. The van der Waals surface area contributed by atoms with Crippen LogP contribution in [0.1, 0.15) is 124 Å². The Bertz CT molecular complexity index is 1100. The lowest BCUT2D eigenvalue weighted by Crippen LogP contribution is -2.67. The van der Waals surface area contributed by atoms with Crippen molar-refractivity contribution < 1.29 is 43.9 Å².